The van der Waals surface area contributed by atoms with Gasteiger partial charge in [0.05, 0.1) is 34.5 Å². The SMILES string of the molecule is O=C(Cc1cscn1)Nc1cccc2ccc(-c3cccc(F)c3)nc12. The van der Waals surface area contributed by atoms with Gasteiger partial charge < -0.3 is 5.32 Å². The fraction of sp³-hybridized carbons (Fsp3) is 0.0500. The molecule has 1 amide bonds. The summed E-state index contributed by atoms with van der Waals surface area (Å²) in [6.07, 6.45) is 0.212. The molecule has 0 radical (unpaired) electrons. The van der Waals surface area contributed by atoms with Crippen LogP contribution in [0.5, 0.6) is 0 Å². The van der Waals surface area contributed by atoms with Crippen LogP contribution in [-0.2, 0) is 11.2 Å². The molecule has 0 fully saturated rings. The fourth-order valence-corrected chi connectivity index (χ4v) is 3.30. The summed E-state index contributed by atoms with van der Waals surface area (Å²) in [4.78, 5) is 21.1. The molecule has 0 saturated heterocycles. The first-order chi connectivity index (χ1) is 12.7. The summed E-state index contributed by atoms with van der Waals surface area (Å²) >= 11 is 1.46. The topological polar surface area (TPSA) is 54.9 Å². The van der Waals surface area contributed by atoms with E-state index >= 15 is 0 Å². The van der Waals surface area contributed by atoms with Crippen molar-refractivity contribution in [3.05, 3.63) is 77.0 Å². The average molecular weight is 363 g/mol. The number of hydrogen-bond donors (Lipinski definition) is 1. The van der Waals surface area contributed by atoms with E-state index in [0.717, 1.165) is 11.1 Å². The molecule has 26 heavy (non-hydrogen) atoms. The molecule has 4 aromatic rings. The average Bonchev–Trinajstić information content (AvgIpc) is 3.14. The Labute approximate surface area is 153 Å². The van der Waals surface area contributed by atoms with Crippen molar-refractivity contribution in [2.24, 2.45) is 0 Å². The van der Waals surface area contributed by atoms with Gasteiger partial charge in [-0.15, -0.1) is 11.3 Å². The molecule has 0 atom stereocenters. The number of carbonyl (C=O) groups is 1. The lowest BCUT2D eigenvalue weighted by Crippen LogP contribution is -2.15. The first-order valence-electron chi connectivity index (χ1n) is 8.02. The second-order valence-corrected chi connectivity index (χ2v) is 6.51. The van der Waals surface area contributed by atoms with Crippen LogP contribution in [0, 0.1) is 5.82 Å². The number of nitrogens with zero attached hydrogens (tertiary/aromatic N) is 2. The molecule has 0 aliphatic heterocycles. The minimum Gasteiger partial charge on any atom is -0.324 e. The minimum absolute atomic E-state index is 0.152. The number of benzene rings is 2. The maximum Gasteiger partial charge on any atom is 0.230 e. The van der Waals surface area contributed by atoms with Crippen molar-refractivity contribution in [3.63, 3.8) is 0 Å². The third kappa shape index (κ3) is 3.45. The maximum atomic E-state index is 13.5. The molecule has 2 aromatic carbocycles. The van der Waals surface area contributed by atoms with E-state index < -0.39 is 0 Å². The fourth-order valence-electron chi connectivity index (χ4n) is 2.74. The van der Waals surface area contributed by atoms with Gasteiger partial charge in [-0.1, -0.05) is 30.3 Å². The van der Waals surface area contributed by atoms with Crippen molar-refractivity contribution in [2.75, 3.05) is 5.32 Å². The number of anilines is 1. The summed E-state index contributed by atoms with van der Waals surface area (Å²) in [5.74, 6) is -0.462. The van der Waals surface area contributed by atoms with E-state index in [0.29, 0.717) is 22.5 Å². The van der Waals surface area contributed by atoms with E-state index in [1.807, 2.05) is 35.7 Å². The lowest BCUT2D eigenvalue weighted by atomic mass is 10.1. The van der Waals surface area contributed by atoms with Crippen LogP contribution < -0.4 is 5.32 Å². The molecule has 0 aliphatic rings. The monoisotopic (exact) mass is 363 g/mol. The van der Waals surface area contributed by atoms with Gasteiger partial charge in [-0.25, -0.2) is 14.4 Å². The molecule has 128 valence electrons. The predicted octanol–water partition coefficient (Wildman–Crippen LogP) is 4.68. The van der Waals surface area contributed by atoms with Gasteiger partial charge in [0.1, 0.15) is 5.82 Å². The molecule has 4 rings (SSSR count). The van der Waals surface area contributed by atoms with Crippen LogP contribution in [0.1, 0.15) is 5.69 Å². The Morgan fingerprint density at radius 1 is 1.12 bits per heavy atom. The van der Waals surface area contributed by atoms with Gasteiger partial charge in [-0.3, -0.25) is 4.79 Å². The van der Waals surface area contributed by atoms with Gasteiger partial charge in [0, 0.05) is 16.3 Å². The van der Waals surface area contributed by atoms with Crippen LogP contribution in [0.3, 0.4) is 0 Å². The quantitative estimate of drug-likeness (QED) is 0.573. The number of hydrogen-bond acceptors (Lipinski definition) is 4. The number of fused-ring (bicyclic) bond motifs is 1. The van der Waals surface area contributed by atoms with Crippen molar-refractivity contribution in [2.45, 2.75) is 6.42 Å². The van der Waals surface area contributed by atoms with E-state index in [4.69, 9.17) is 0 Å². The van der Waals surface area contributed by atoms with Gasteiger partial charge in [-0.05, 0) is 24.3 Å². The first-order valence-corrected chi connectivity index (χ1v) is 8.96. The van der Waals surface area contributed by atoms with Crippen LogP contribution in [0.4, 0.5) is 10.1 Å². The zero-order valence-electron chi connectivity index (χ0n) is 13.6. The summed E-state index contributed by atoms with van der Waals surface area (Å²) in [7, 11) is 0. The molecule has 2 aromatic heterocycles. The Morgan fingerprint density at radius 2 is 2.00 bits per heavy atom. The second kappa shape index (κ2) is 7.01. The molecule has 0 spiro atoms. The van der Waals surface area contributed by atoms with Gasteiger partial charge in [-0.2, -0.15) is 0 Å². The highest BCUT2D eigenvalue weighted by molar-refractivity contribution is 7.07. The number of nitrogens with one attached hydrogen (secondary N) is 1. The Balaban J connectivity index is 1.68. The largest absolute Gasteiger partial charge is 0.324 e. The lowest BCUT2D eigenvalue weighted by Gasteiger charge is -2.09. The normalized spacial score (nSPS) is 10.8. The number of carbonyl (C=O) groups excluding carboxylic acids is 1. The summed E-state index contributed by atoms with van der Waals surface area (Å²) in [5, 5.41) is 5.65. The van der Waals surface area contributed by atoms with E-state index in [9.17, 15) is 9.18 Å². The highest BCUT2D eigenvalue weighted by atomic mass is 32.1. The lowest BCUT2D eigenvalue weighted by molar-refractivity contribution is -0.115. The van der Waals surface area contributed by atoms with E-state index in [2.05, 4.69) is 15.3 Å². The zero-order chi connectivity index (χ0) is 17.9. The molecule has 0 aliphatic carbocycles. The van der Waals surface area contributed by atoms with E-state index in [1.54, 1.807) is 17.6 Å². The van der Waals surface area contributed by atoms with Gasteiger partial charge in [0.25, 0.3) is 0 Å². The third-order valence-corrected chi connectivity index (χ3v) is 4.58. The predicted molar refractivity (Wildman–Crippen MR) is 102 cm³/mol. The molecule has 0 saturated carbocycles. The highest BCUT2D eigenvalue weighted by Gasteiger charge is 2.10. The number of thiazole rings is 1. The molecule has 4 nitrogen and oxygen atoms in total. The Hall–Kier alpha value is -3.12. The molecule has 1 N–H and O–H groups in total. The van der Waals surface area contributed by atoms with Crippen LogP contribution >= 0.6 is 11.3 Å². The molecule has 6 heteroatoms. The second-order valence-electron chi connectivity index (χ2n) is 5.79. The maximum absolute atomic E-state index is 13.5. The van der Waals surface area contributed by atoms with Gasteiger partial charge in [0.15, 0.2) is 0 Å². The number of aromatic nitrogens is 2. The van der Waals surface area contributed by atoms with Crippen molar-refractivity contribution < 1.29 is 9.18 Å². The minimum atomic E-state index is -0.311. The number of halogens is 1. The molecule has 0 bridgehead atoms. The van der Waals surface area contributed by atoms with Crippen LogP contribution in [0.2, 0.25) is 0 Å². The van der Waals surface area contributed by atoms with Crippen molar-refractivity contribution in [3.8, 4) is 11.3 Å². The van der Waals surface area contributed by atoms with Gasteiger partial charge >= 0.3 is 0 Å². The summed E-state index contributed by atoms with van der Waals surface area (Å²) < 4.78 is 13.5. The molecular weight excluding hydrogens is 349 g/mol. The number of pyridine rings is 1. The van der Waals surface area contributed by atoms with Crippen LogP contribution in [-0.4, -0.2) is 15.9 Å². The van der Waals surface area contributed by atoms with E-state index in [1.165, 1.54) is 23.5 Å². The Bertz CT molecular complexity index is 1080. The molecular formula is C20H14FN3OS. The number of para-hydroxylation sites is 1. The Kier molecular flexibility index (Phi) is 4.41. The number of amides is 1. The highest BCUT2D eigenvalue weighted by Crippen LogP contribution is 2.26. The zero-order valence-corrected chi connectivity index (χ0v) is 14.5. The van der Waals surface area contributed by atoms with Crippen molar-refractivity contribution in [1.29, 1.82) is 0 Å². The first kappa shape index (κ1) is 16.4. The Morgan fingerprint density at radius 3 is 2.81 bits per heavy atom. The summed E-state index contributed by atoms with van der Waals surface area (Å²) in [5.41, 5.74) is 5.07. The van der Waals surface area contributed by atoms with Crippen molar-refractivity contribution in [1.82, 2.24) is 9.97 Å². The number of rotatable bonds is 4. The molecule has 2 heterocycles. The van der Waals surface area contributed by atoms with E-state index in [-0.39, 0.29) is 18.1 Å². The van der Waals surface area contributed by atoms with Crippen molar-refractivity contribution >= 4 is 33.8 Å². The van der Waals surface area contributed by atoms with Crippen LogP contribution in [0.15, 0.2) is 65.5 Å². The summed E-state index contributed by atoms with van der Waals surface area (Å²) in [6.45, 7) is 0. The summed E-state index contributed by atoms with van der Waals surface area (Å²) in [6, 6.07) is 15.7. The van der Waals surface area contributed by atoms with Crippen LogP contribution in [0.25, 0.3) is 22.2 Å². The smallest absolute Gasteiger partial charge is 0.230 e. The van der Waals surface area contributed by atoms with Gasteiger partial charge in [0.2, 0.25) is 5.91 Å². The third-order valence-electron chi connectivity index (χ3n) is 3.94. The standard InChI is InChI=1S/C20H14FN3OS/c21-15-5-1-4-14(9-15)17-8-7-13-3-2-6-18(20(13)24-17)23-19(25)10-16-11-26-12-22-16/h1-9,11-12H,10H2,(H,23,25). The molecule has 0 unspecified atom stereocenters.